The normalized spacial score (nSPS) is 12.3. The van der Waals surface area contributed by atoms with Crippen LogP contribution in [0.15, 0.2) is 0 Å². The molecule has 0 heterocycles. The van der Waals surface area contributed by atoms with E-state index in [1.807, 2.05) is 0 Å². The molecule has 0 aliphatic heterocycles. The molecule has 0 saturated heterocycles. The van der Waals surface area contributed by atoms with E-state index < -0.39 is 0 Å². The van der Waals surface area contributed by atoms with Crippen molar-refractivity contribution < 1.29 is 0 Å². The molecule has 0 aromatic rings. The number of hydrogen-bond acceptors (Lipinski definition) is 25. The van der Waals surface area contributed by atoms with E-state index >= 15 is 0 Å². The molecule has 0 unspecified atom stereocenters. The minimum atomic E-state index is 0.657. The number of rotatable bonds is 74. The summed E-state index contributed by atoms with van der Waals surface area (Å²) in [6.45, 7) is 44.9. The molecule has 0 aromatic heterocycles. The van der Waals surface area contributed by atoms with Crippen LogP contribution in [0.4, 0.5) is 0 Å². The van der Waals surface area contributed by atoms with Gasteiger partial charge in [0.2, 0.25) is 0 Å². The molecule has 0 bridgehead atoms. The molecular weight excluding hydrogens is 1060 g/mol. The first-order valence-electron chi connectivity index (χ1n) is 34.2. The van der Waals surface area contributed by atoms with Gasteiger partial charge in [0.1, 0.15) is 0 Å². The van der Waals surface area contributed by atoms with Gasteiger partial charge in [-0.15, -0.1) is 0 Å². The van der Waals surface area contributed by atoms with Crippen molar-refractivity contribution in [2.45, 2.75) is 70.6 Å². The second-order valence-corrected chi connectivity index (χ2v) is 22.6. The quantitative estimate of drug-likeness (QED) is 0.0252. The molecule has 0 saturated carbocycles. The first-order chi connectivity index (χ1) is 41.4. The summed E-state index contributed by atoms with van der Waals surface area (Å²) in [5.41, 5.74) is 52.5. The highest BCUT2D eigenvalue weighted by Crippen LogP contribution is 2.02. The molecule has 0 aliphatic carbocycles. The van der Waals surface area contributed by atoms with Gasteiger partial charge in [-0.05, 0) is 104 Å². The van der Waals surface area contributed by atoms with Gasteiger partial charge in [0.05, 0.1) is 0 Å². The van der Waals surface area contributed by atoms with Gasteiger partial charge in [0.15, 0.2) is 0 Å². The second-order valence-electron chi connectivity index (χ2n) is 22.6. The monoisotopic (exact) mass is 1200 g/mol. The summed E-state index contributed by atoms with van der Waals surface area (Å²) in [4.78, 5) is 17.6. The van der Waals surface area contributed by atoms with Crippen molar-refractivity contribution in [2.24, 2.45) is 51.6 Å². The van der Waals surface area contributed by atoms with Gasteiger partial charge in [0, 0.05) is 262 Å². The number of unbranched alkanes of at least 4 members (excludes halogenated alkanes) is 7. The van der Waals surface area contributed by atoms with Gasteiger partial charge in [-0.3, -0.25) is 19.6 Å². The maximum atomic E-state index is 6.08. The largest absolute Gasteiger partial charge is 0.330 e. The van der Waals surface area contributed by atoms with E-state index in [0.29, 0.717) is 45.8 Å². The van der Waals surface area contributed by atoms with Gasteiger partial charge in [-0.2, -0.15) is 0 Å². The molecule has 506 valence electrons. The van der Waals surface area contributed by atoms with Crippen molar-refractivity contribution in [3.63, 3.8) is 0 Å². The number of nitrogens with zero attached hydrogens (tertiary/aromatic N) is 7. The lowest BCUT2D eigenvalue weighted by Gasteiger charge is -2.29. The van der Waals surface area contributed by atoms with Crippen LogP contribution in [0.2, 0.25) is 0 Å². The molecule has 0 radical (unpaired) electrons. The molecule has 0 aromatic carbocycles. The zero-order valence-corrected chi connectivity index (χ0v) is 54.5. The lowest BCUT2D eigenvalue weighted by atomic mass is 10.2. The zero-order chi connectivity index (χ0) is 61.1. The fourth-order valence-electron chi connectivity index (χ4n) is 10.3. The van der Waals surface area contributed by atoms with Crippen molar-refractivity contribution >= 4 is 0 Å². The van der Waals surface area contributed by atoms with Crippen LogP contribution in [0, 0.1) is 0 Å². The van der Waals surface area contributed by atoms with Crippen LogP contribution in [0.1, 0.15) is 70.6 Å². The highest BCUT2D eigenvalue weighted by molar-refractivity contribution is 4.72. The minimum absolute atomic E-state index is 0.657. The van der Waals surface area contributed by atoms with Crippen molar-refractivity contribution in [1.82, 2.24) is 82.2 Å². The Balaban J connectivity index is 4.98. The van der Waals surface area contributed by atoms with E-state index in [1.165, 1.54) is 57.8 Å². The van der Waals surface area contributed by atoms with Gasteiger partial charge in [-0.25, -0.2) is 0 Å². The van der Waals surface area contributed by atoms with Crippen molar-refractivity contribution in [3.8, 4) is 0 Å². The minimum Gasteiger partial charge on any atom is -0.330 e. The Hall–Kier alpha value is -1.00. The number of nitrogens with two attached hydrogens (primary N) is 9. The molecule has 25 heteroatoms. The molecule has 0 rings (SSSR count). The second kappa shape index (κ2) is 69.5. The van der Waals surface area contributed by atoms with Crippen LogP contribution in [0.5, 0.6) is 0 Å². The van der Waals surface area contributed by atoms with Crippen LogP contribution in [0.3, 0.4) is 0 Å². The molecule has 0 atom stereocenters. The van der Waals surface area contributed by atoms with E-state index in [-0.39, 0.29) is 0 Å². The van der Waals surface area contributed by atoms with Crippen molar-refractivity contribution in [1.29, 1.82) is 0 Å². The third kappa shape index (κ3) is 58.7. The summed E-state index contributed by atoms with van der Waals surface area (Å²) in [7, 11) is 0. The Kier molecular flexibility index (Phi) is 68.6. The summed E-state index contributed by atoms with van der Waals surface area (Å²) in [6.07, 6.45) is 13.3. The van der Waals surface area contributed by atoms with E-state index in [4.69, 9.17) is 51.6 Å². The van der Waals surface area contributed by atoms with Crippen LogP contribution in [0.25, 0.3) is 0 Å². The van der Waals surface area contributed by atoms with Crippen molar-refractivity contribution in [2.75, 3.05) is 314 Å². The zero-order valence-electron chi connectivity index (χ0n) is 54.5. The maximum absolute atomic E-state index is 6.08. The molecule has 0 amide bonds. The van der Waals surface area contributed by atoms with Crippen LogP contribution >= 0.6 is 0 Å². The lowest BCUT2D eigenvalue weighted by molar-refractivity contribution is 0.201. The molecule has 84 heavy (non-hydrogen) atoms. The lowest BCUT2D eigenvalue weighted by Crippen LogP contribution is -2.46. The average Bonchev–Trinajstić information content (AvgIpc) is 3.49. The third-order valence-electron chi connectivity index (χ3n) is 15.4. The van der Waals surface area contributed by atoms with Gasteiger partial charge in [-0.1, -0.05) is 19.3 Å². The van der Waals surface area contributed by atoms with Crippen molar-refractivity contribution in [3.05, 3.63) is 0 Å². The van der Waals surface area contributed by atoms with Gasteiger partial charge in [0.25, 0.3) is 0 Å². The summed E-state index contributed by atoms with van der Waals surface area (Å²) in [5.74, 6) is 0. The van der Waals surface area contributed by atoms with E-state index in [9.17, 15) is 0 Å². The van der Waals surface area contributed by atoms with Crippen LogP contribution in [-0.2, 0) is 0 Å². The fraction of sp³-hybridized carbons (Fsp3) is 1.00. The molecular formula is C59H145N25. The Labute approximate surface area is 516 Å². The first-order valence-corrected chi connectivity index (χ1v) is 34.2. The predicted molar refractivity (Wildman–Crippen MR) is 363 cm³/mol. The standard InChI is InChI=1S/C59H145N25/c60-12-4-11-41-80(48-30-72-25-13-61)49-33-75-37-57-84(55-32-74-27-15-63)59-58-83(56-38-77-36-53-82(46-20-68)52-35-76-34-51-81(45-19-67)50-31-73-26-14-62)54-29-70-23-6-1-5-21-69-22-7-2-10-40-79(44-18-66)47-28-71-24-8-3-9-39-78(42-16-64)43-17-65/h69-77H,1-68H2. The number of nitrogens with one attached hydrogen (secondary N) is 9. The van der Waals surface area contributed by atoms with Gasteiger partial charge >= 0.3 is 0 Å². The van der Waals surface area contributed by atoms with E-state index in [1.54, 1.807) is 0 Å². The topological polar surface area (TPSA) is 365 Å². The molecule has 0 fully saturated rings. The highest BCUT2D eigenvalue weighted by atomic mass is 15.2. The third-order valence-corrected chi connectivity index (χ3v) is 15.4. The first kappa shape index (κ1) is 83.0. The molecule has 0 aliphatic rings. The summed E-state index contributed by atoms with van der Waals surface area (Å²) >= 11 is 0. The average molecular weight is 1200 g/mol. The highest BCUT2D eigenvalue weighted by Gasteiger charge is 2.13. The van der Waals surface area contributed by atoms with E-state index in [2.05, 4.69) is 82.2 Å². The fourth-order valence-corrected chi connectivity index (χ4v) is 10.3. The SMILES string of the molecule is NCCCCN(CCNCCN)CCNCCN(CCNCCN)CCN(CCNCCCCCNCCCCCN(CCN)CCNCCCCCN(CCN)CCN)CCNCCN(CCN)CCNCCN(CCN)CCNCCN. The molecule has 0 spiro atoms. The Morgan fingerprint density at radius 2 is 0.321 bits per heavy atom. The number of hydrogen-bond donors (Lipinski definition) is 18. The molecule has 27 N–H and O–H groups in total. The van der Waals surface area contributed by atoms with Crippen LogP contribution < -0.4 is 99.5 Å². The smallest absolute Gasteiger partial charge is 0.0110 e. The Morgan fingerprint density at radius 1 is 0.131 bits per heavy atom. The summed E-state index contributed by atoms with van der Waals surface area (Å²) in [5, 5.41) is 32.8. The van der Waals surface area contributed by atoms with Crippen LogP contribution in [-0.4, -0.2) is 348 Å². The maximum Gasteiger partial charge on any atom is 0.0110 e. The Bertz CT molecular complexity index is 1220. The Morgan fingerprint density at radius 3 is 0.583 bits per heavy atom. The predicted octanol–water partition coefficient (Wildman–Crippen LogP) is -5.67. The van der Waals surface area contributed by atoms with Gasteiger partial charge < -0.3 is 114 Å². The summed E-state index contributed by atoms with van der Waals surface area (Å²) < 4.78 is 0. The molecule has 25 nitrogen and oxygen atoms in total. The van der Waals surface area contributed by atoms with E-state index in [0.717, 1.165) is 281 Å². The summed E-state index contributed by atoms with van der Waals surface area (Å²) in [6, 6.07) is 0.